The van der Waals surface area contributed by atoms with Crippen molar-refractivity contribution in [1.82, 2.24) is 20.4 Å². The van der Waals surface area contributed by atoms with E-state index in [4.69, 9.17) is 5.11 Å². The summed E-state index contributed by atoms with van der Waals surface area (Å²) in [5, 5.41) is 18.2. The van der Waals surface area contributed by atoms with E-state index >= 15 is 0 Å². The molecule has 0 fully saturated rings. The predicted octanol–water partition coefficient (Wildman–Crippen LogP) is 0.761. The van der Waals surface area contributed by atoms with Gasteiger partial charge in [-0.15, -0.1) is 0 Å². The van der Waals surface area contributed by atoms with Gasteiger partial charge in [0.05, 0.1) is 0 Å². The molecule has 0 aliphatic carbocycles. The van der Waals surface area contributed by atoms with Crippen molar-refractivity contribution in [2.75, 3.05) is 6.54 Å². The Morgan fingerprint density at radius 3 is 2.65 bits per heavy atom. The Balaban J connectivity index is 2.35. The van der Waals surface area contributed by atoms with Crippen LogP contribution in [0.4, 0.5) is 4.79 Å². The van der Waals surface area contributed by atoms with Gasteiger partial charge in [-0.25, -0.2) is 9.59 Å². The molecule has 0 aromatic carbocycles. The van der Waals surface area contributed by atoms with E-state index in [0.717, 1.165) is 5.69 Å². The first kappa shape index (κ1) is 16.0. The lowest BCUT2D eigenvalue weighted by Crippen LogP contribution is -2.47. The largest absolute Gasteiger partial charge is 0.480 e. The number of urea groups is 1. The second-order valence-corrected chi connectivity index (χ2v) is 5.12. The molecule has 7 heteroatoms. The quantitative estimate of drug-likeness (QED) is 0.688. The van der Waals surface area contributed by atoms with Crippen LogP contribution in [0.5, 0.6) is 0 Å². The summed E-state index contributed by atoms with van der Waals surface area (Å²) >= 11 is 0. The SMILES string of the molecule is CC(C)CC(NC(=O)NCCc1ccnn1C)C(=O)O. The van der Waals surface area contributed by atoms with Crippen molar-refractivity contribution in [3.63, 3.8) is 0 Å². The fourth-order valence-corrected chi connectivity index (χ4v) is 1.85. The third kappa shape index (κ3) is 5.29. The fourth-order valence-electron chi connectivity index (χ4n) is 1.85. The first-order chi connectivity index (χ1) is 9.40. The number of carboxylic acids is 1. The zero-order chi connectivity index (χ0) is 15.1. The smallest absolute Gasteiger partial charge is 0.326 e. The first-order valence-electron chi connectivity index (χ1n) is 6.64. The summed E-state index contributed by atoms with van der Waals surface area (Å²) in [6, 6.07) is 0.560. The lowest BCUT2D eigenvalue weighted by atomic mass is 10.0. The number of aromatic nitrogens is 2. The minimum absolute atomic E-state index is 0.200. The number of rotatable bonds is 7. The number of amides is 2. The Labute approximate surface area is 118 Å². The van der Waals surface area contributed by atoms with Gasteiger partial charge in [-0.1, -0.05) is 13.8 Å². The molecule has 0 aliphatic rings. The molecule has 1 unspecified atom stereocenters. The Morgan fingerprint density at radius 1 is 1.45 bits per heavy atom. The van der Waals surface area contributed by atoms with Crippen molar-refractivity contribution in [3.8, 4) is 0 Å². The van der Waals surface area contributed by atoms with Crippen molar-refractivity contribution < 1.29 is 14.7 Å². The summed E-state index contributed by atoms with van der Waals surface area (Å²) in [5.41, 5.74) is 1.00. The molecule has 0 bridgehead atoms. The van der Waals surface area contributed by atoms with E-state index in [9.17, 15) is 9.59 Å². The van der Waals surface area contributed by atoms with Crippen LogP contribution in [0.3, 0.4) is 0 Å². The van der Waals surface area contributed by atoms with Crippen molar-refractivity contribution in [2.24, 2.45) is 13.0 Å². The first-order valence-corrected chi connectivity index (χ1v) is 6.64. The monoisotopic (exact) mass is 282 g/mol. The van der Waals surface area contributed by atoms with Crippen LogP contribution in [0.2, 0.25) is 0 Å². The molecular weight excluding hydrogens is 260 g/mol. The molecule has 1 atom stereocenters. The number of nitrogens with one attached hydrogen (secondary N) is 2. The lowest BCUT2D eigenvalue weighted by molar-refractivity contribution is -0.139. The highest BCUT2D eigenvalue weighted by molar-refractivity contribution is 5.82. The lowest BCUT2D eigenvalue weighted by Gasteiger charge is -2.16. The van der Waals surface area contributed by atoms with Gasteiger partial charge in [0, 0.05) is 31.9 Å². The van der Waals surface area contributed by atoms with Crippen LogP contribution in [0, 0.1) is 5.92 Å². The van der Waals surface area contributed by atoms with Crippen LogP contribution in [0.15, 0.2) is 12.3 Å². The standard InChI is InChI=1S/C13H22N4O3/c1-9(2)8-11(12(18)19)16-13(20)14-6-4-10-5-7-15-17(10)3/h5,7,9,11H,4,6,8H2,1-3H3,(H,18,19)(H2,14,16,20). The second-order valence-electron chi connectivity index (χ2n) is 5.12. The summed E-state index contributed by atoms with van der Waals surface area (Å²) in [4.78, 5) is 22.7. The van der Waals surface area contributed by atoms with E-state index < -0.39 is 18.0 Å². The van der Waals surface area contributed by atoms with E-state index in [2.05, 4.69) is 15.7 Å². The van der Waals surface area contributed by atoms with Gasteiger partial charge in [0.15, 0.2) is 0 Å². The number of carboxylic acid groups (broad SMARTS) is 1. The molecule has 20 heavy (non-hydrogen) atoms. The highest BCUT2D eigenvalue weighted by atomic mass is 16.4. The van der Waals surface area contributed by atoms with Crippen LogP contribution in [0.25, 0.3) is 0 Å². The number of nitrogens with zero attached hydrogens (tertiary/aromatic N) is 2. The molecule has 1 heterocycles. The maximum absolute atomic E-state index is 11.6. The molecule has 3 N–H and O–H groups in total. The van der Waals surface area contributed by atoms with Crippen LogP contribution in [-0.4, -0.2) is 39.5 Å². The molecule has 7 nitrogen and oxygen atoms in total. The zero-order valence-electron chi connectivity index (χ0n) is 12.1. The molecule has 112 valence electrons. The molecule has 0 spiro atoms. The van der Waals surface area contributed by atoms with Gasteiger partial charge in [-0.3, -0.25) is 4.68 Å². The van der Waals surface area contributed by atoms with Crippen LogP contribution >= 0.6 is 0 Å². The number of carbonyl (C=O) groups is 2. The summed E-state index contributed by atoms with van der Waals surface area (Å²) in [7, 11) is 1.83. The highest BCUT2D eigenvalue weighted by Crippen LogP contribution is 2.04. The number of hydrogen-bond acceptors (Lipinski definition) is 3. The van der Waals surface area contributed by atoms with E-state index in [1.54, 1.807) is 10.9 Å². The van der Waals surface area contributed by atoms with Gasteiger partial charge in [-0.2, -0.15) is 5.10 Å². The average Bonchev–Trinajstić information content (AvgIpc) is 2.73. The summed E-state index contributed by atoms with van der Waals surface area (Å²) < 4.78 is 1.73. The molecule has 0 saturated heterocycles. The molecule has 1 aromatic rings. The number of aryl methyl sites for hydroxylation is 1. The van der Waals surface area contributed by atoms with E-state index in [0.29, 0.717) is 19.4 Å². The van der Waals surface area contributed by atoms with Gasteiger partial charge >= 0.3 is 12.0 Å². The van der Waals surface area contributed by atoms with Crippen molar-refractivity contribution in [2.45, 2.75) is 32.7 Å². The molecule has 1 aromatic heterocycles. The van der Waals surface area contributed by atoms with Crippen molar-refractivity contribution in [3.05, 3.63) is 18.0 Å². The molecule has 0 saturated carbocycles. The third-order valence-electron chi connectivity index (χ3n) is 2.90. The van der Waals surface area contributed by atoms with Crippen LogP contribution in [0.1, 0.15) is 26.0 Å². The number of hydrogen-bond donors (Lipinski definition) is 3. The predicted molar refractivity (Wildman–Crippen MR) is 74.3 cm³/mol. The van der Waals surface area contributed by atoms with Gasteiger partial charge in [-0.05, 0) is 18.4 Å². The van der Waals surface area contributed by atoms with E-state index in [1.807, 2.05) is 27.0 Å². The van der Waals surface area contributed by atoms with E-state index in [1.165, 1.54) is 0 Å². The molecule has 1 rings (SSSR count). The van der Waals surface area contributed by atoms with Crippen molar-refractivity contribution >= 4 is 12.0 Å². The Hall–Kier alpha value is -2.05. The maximum atomic E-state index is 11.6. The number of aliphatic carboxylic acids is 1. The second kappa shape index (κ2) is 7.52. The molecule has 0 aliphatic heterocycles. The Kier molecular flexibility index (Phi) is 6.02. The molecular formula is C13H22N4O3. The average molecular weight is 282 g/mol. The summed E-state index contributed by atoms with van der Waals surface area (Å²) in [6.45, 7) is 4.26. The minimum atomic E-state index is -1.01. The molecule has 2 amide bonds. The Morgan fingerprint density at radius 2 is 2.15 bits per heavy atom. The maximum Gasteiger partial charge on any atom is 0.326 e. The fraction of sp³-hybridized carbons (Fsp3) is 0.615. The van der Waals surface area contributed by atoms with Crippen molar-refractivity contribution in [1.29, 1.82) is 0 Å². The Bertz CT molecular complexity index is 456. The van der Waals surface area contributed by atoms with Gasteiger partial charge in [0.2, 0.25) is 0 Å². The normalized spacial score (nSPS) is 12.2. The van der Waals surface area contributed by atoms with Gasteiger partial charge in [0.25, 0.3) is 0 Å². The molecule has 0 radical (unpaired) electrons. The number of carbonyl (C=O) groups excluding carboxylic acids is 1. The third-order valence-corrected chi connectivity index (χ3v) is 2.90. The summed E-state index contributed by atoms with van der Waals surface area (Å²) in [5.74, 6) is -0.814. The van der Waals surface area contributed by atoms with Gasteiger partial charge < -0.3 is 15.7 Å². The van der Waals surface area contributed by atoms with Crippen LogP contribution < -0.4 is 10.6 Å². The van der Waals surface area contributed by atoms with E-state index in [-0.39, 0.29) is 5.92 Å². The zero-order valence-corrected chi connectivity index (χ0v) is 12.1. The van der Waals surface area contributed by atoms with Crippen LogP contribution in [-0.2, 0) is 18.3 Å². The minimum Gasteiger partial charge on any atom is -0.480 e. The highest BCUT2D eigenvalue weighted by Gasteiger charge is 2.20. The summed E-state index contributed by atoms with van der Waals surface area (Å²) in [6.07, 6.45) is 2.74. The topological polar surface area (TPSA) is 96.3 Å². The van der Waals surface area contributed by atoms with Gasteiger partial charge in [0.1, 0.15) is 6.04 Å².